The molecule has 0 bridgehead atoms. The Morgan fingerprint density at radius 3 is 2.92 bits per heavy atom. The highest BCUT2D eigenvalue weighted by molar-refractivity contribution is 5.91. The maximum atomic E-state index is 12.3. The summed E-state index contributed by atoms with van der Waals surface area (Å²) in [6.07, 6.45) is 7.34. The lowest BCUT2D eigenvalue weighted by Gasteiger charge is -2.21. The van der Waals surface area contributed by atoms with Crippen LogP contribution in [0.2, 0.25) is 0 Å². The van der Waals surface area contributed by atoms with Crippen molar-refractivity contribution in [2.75, 3.05) is 5.32 Å². The van der Waals surface area contributed by atoms with Crippen molar-refractivity contribution in [3.8, 4) is 5.69 Å². The van der Waals surface area contributed by atoms with Crippen molar-refractivity contribution in [2.45, 2.75) is 32.6 Å². The molecule has 3 aromatic rings. The molecule has 1 N–H and O–H groups in total. The van der Waals surface area contributed by atoms with Crippen LogP contribution >= 0.6 is 0 Å². The number of para-hydroxylation sites is 1. The molecule has 1 atom stereocenters. The van der Waals surface area contributed by atoms with Gasteiger partial charge in [-0.15, -0.1) is 0 Å². The SMILES string of the molecule is CC1CCc2cc(NC(=O)Cc3ccn(-c4ccccc4)n3)ncc2C1. The van der Waals surface area contributed by atoms with Crippen molar-refractivity contribution in [3.05, 3.63) is 71.7 Å². The molecule has 1 aromatic carbocycles. The van der Waals surface area contributed by atoms with Crippen molar-refractivity contribution in [2.24, 2.45) is 5.92 Å². The summed E-state index contributed by atoms with van der Waals surface area (Å²) in [5.41, 5.74) is 4.33. The van der Waals surface area contributed by atoms with Gasteiger partial charge in [0.25, 0.3) is 0 Å². The Hall–Kier alpha value is -2.95. The van der Waals surface area contributed by atoms with Crippen molar-refractivity contribution >= 4 is 11.7 Å². The molecular weight excluding hydrogens is 324 g/mol. The highest BCUT2D eigenvalue weighted by atomic mass is 16.1. The third-order valence-corrected chi connectivity index (χ3v) is 4.83. The van der Waals surface area contributed by atoms with E-state index < -0.39 is 0 Å². The number of nitrogens with zero attached hydrogens (tertiary/aromatic N) is 3. The van der Waals surface area contributed by atoms with E-state index in [0.29, 0.717) is 11.7 Å². The lowest BCUT2D eigenvalue weighted by atomic mass is 9.86. The molecule has 0 saturated carbocycles. The third kappa shape index (κ3) is 3.67. The number of pyridine rings is 1. The summed E-state index contributed by atoms with van der Waals surface area (Å²) >= 11 is 0. The topological polar surface area (TPSA) is 59.8 Å². The Balaban J connectivity index is 1.41. The molecule has 1 aliphatic carbocycles. The van der Waals surface area contributed by atoms with Gasteiger partial charge in [0, 0.05) is 12.4 Å². The van der Waals surface area contributed by atoms with Crippen molar-refractivity contribution in [3.63, 3.8) is 0 Å². The van der Waals surface area contributed by atoms with Gasteiger partial charge in [-0.1, -0.05) is 25.1 Å². The number of anilines is 1. The van der Waals surface area contributed by atoms with Crippen molar-refractivity contribution < 1.29 is 4.79 Å². The minimum atomic E-state index is -0.0973. The highest BCUT2D eigenvalue weighted by Gasteiger charge is 2.16. The Labute approximate surface area is 153 Å². The molecule has 0 aliphatic heterocycles. The first-order valence-corrected chi connectivity index (χ1v) is 9.05. The first-order valence-electron chi connectivity index (χ1n) is 9.05. The van der Waals surface area contributed by atoms with E-state index in [-0.39, 0.29) is 12.3 Å². The summed E-state index contributed by atoms with van der Waals surface area (Å²) in [5, 5.41) is 7.38. The molecule has 5 nitrogen and oxygen atoms in total. The monoisotopic (exact) mass is 346 g/mol. The lowest BCUT2D eigenvalue weighted by Crippen LogP contribution is -2.17. The van der Waals surface area contributed by atoms with E-state index in [1.165, 1.54) is 17.5 Å². The summed E-state index contributed by atoms with van der Waals surface area (Å²) in [6, 6.07) is 13.7. The Bertz CT molecular complexity index is 917. The van der Waals surface area contributed by atoms with Gasteiger partial charge in [-0.3, -0.25) is 4.79 Å². The van der Waals surface area contributed by atoms with Crippen LogP contribution in [0.5, 0.6) is 0 Å². The summed E-state index contributed by atoms with van der Waals surface area (Å²) in [7, 11) is 0. The number of hydrogen-bond acceptors (Lipinski definition) is 3. The van der Waals surface area contributed by atoms with Crippen LogP contribution in [0, 0.1) is 5.92 Å². The van der Waals surface area contributed by atoms with Gasteiger partial charge < -0.3 is 5.32 Å². The van der Waals surface area contributed by atoms with E-state index in [2.05, 4.69) is 22.3 Å². The minimum Gasteiger partial charge on any atom is -0.310 e. The van der Waals surface area contributed by atoms with E-state index in [1.54, 1.807) is 4.68 Å². The summed E-state index contributed by atoms with van der Waals surface area (Å²) < 4.78 is 1.78. The standard InChI is InChI=1S/C21H22N4O/c1-15-7-8-16-12-20(22-14-17(16)11-15)23-21(26)13-18-9-10-25(24-18)19-5-3-2-4-6-19/h2-6,9-10,12,14-15H,7-8,11,13H2,1H3,(H,22,23,26). The number of amides is 1. The fourth-order valence-electron chi connectivity index (χ4n) is 3.42. The fourth-order valence-corrected chi connectivity index (χ4v) is 3.42. The van der Waals surface area contributed by atoms with Gasteiger partial charge in [0.15, 0.2) is 0 Å². The van der Waals surface area contributed by atoms with Gasteiger partial charge in [0.1, 0.15) is 5.82 Å². The number of carbonyl (C=O) groups excluding carboxylic acids is 1. The van der Waals surface area contributed by atoms with E-state index in [4.69, 9.17) is 0 Å². The maximum absolute atomic E-state index is 12.3. The zero-order valence-electron chi connectivity index (χ0n) is 14.9. The molecule has 1 aliphatic rings. The molecule has 0 saturated heterocycles. The Morgan fingerprint density at radius 2 is 2.08 bits per heavy atom. The number of hydrogen-bond donors (Lipinski definition) is 1. The van der Waals surface area contributed by atoms with E-state index in [9.17, 15) is 4.79 Å². The van der Waals surface area contributed by atoms with Crippen LogP contribution in [0.4, 0.5) is 5.82 Å². The van der Waals surface area contributed by atoms with Crippen molar-refractivity contribution in [1.29, 1.82) is 0 Å². The molecule has 0 spiro atoms. The van der Waals surface area contributed by atoms with Crippen LogP contribution in [-0.2, 0) is 24.1 Å². The molecule has 4 rings (SSSR count). The maximum Gasteiger partial charge on any atom is 0.231 e. The first-order chi connectivity index (χ1) is 12.7. The van der Waals surface area contributed by atoms with Crippen LogP contribution in [0.3, 0.4) is 0 Å². The largest absolute Gasteiger partial charge is 0.310 e. The highest BCUT2D eigenvalue weighted by Crippen LogP contribution is 2.26. The number of nitrogens with one attached hydrogen (secondary N) is 1. The smallest absolute Gasteiger partial charge is 0.231 e. The molecule has 1 amide bonds. The van der Waals surface area contributed by atoms with Crippen LogP contribution in [0.25, 0.3) is 5.69 Å². The van der Waals surface area contributed by atoms with E-state index >= 15 is 0 Å². The summed E-state index contributed by atoms with van der Waals surface area (Å²) in [5.74, 6) is 1.25. The molecular formula is C21H22N4O. The predicted octanol–water partition coefficient (Wildman–Crippen LogP) is 3.57. The predicted molar refractivity (Wildman–Crippen MR) is 101 cm³/mol. The number of fused-ring (bicyclic) bond motifs is 1. The lowest BCUT2D eigenvalue weighted by molar-refractivity contribution is -0.115. The van der Waals surface area contributed by atoms with Crippen LogP contribution < -0.4 is 5.32 Å². The van der Waals surface area contributed by atoms with Crippen LogP contribution in [0.15, 0.2) is 54.9 Å². The van der Waals surface area contributed by atoms with Crippen LogP contribution in [0.1, 0.15) is 30.2 Å². The number of aryl methyl sites for hydroxylation is 1. The number of aromatic nitrogens is 3. The fraction of sp³-hybridized carbons (Fsp3) is 0.286. The van der Waals surface area contributed by atoms with E-state index in [1.807, 2.05) is 54.9 Å². The normalized spacial score (nSPS) is 16.1. The second-order valence-corrected chi connectivity index (χ2v) is 7.00. The zero-order chi connectivity index (χ0) is 17.9. The van der Waals surface area contributed by atoms with E-state index in [0.717, 1.165) is 24.2 Å². The number of rotatable bonds is 4. The summed E-state index contributed by atoms with van der Waals surface area (Å²) in [6.45, 7) is 2.27. The first kappa shape index (κ1) is 16.5. The molecule has 1 unspecified atom stereocenters. The molecule has 0 radical (unpaired) electrons. The molecule has 26 heavy (non-hydrogen) atoms. The average Bonchev–Trinajstić information content (AvgIpc) is 3.11. The molecule has 2 heterocycles. The third-order valence-electron chi connectivity index (χ3n) is 4.83. The van der Waals surface area contributed by atoms with Gasteiger partial charge in [-0.2, -0.15) is 5.10 Å². The Kier molecular flexibility index (Phi) is 4.52. The second-order valence-electron chi connectivity index (χ2n) is 7.00. The molecule has 2 aromatic heterocycles. The quantitative estimate of drug-likeness (QED) is 0.785. The zero-order valence-corrected chi connectivity index (χ0v) is 14.9. The number of carbonyl (C=O) groups is 1. The molecule has 0 fully saturated rings. The minimum absolute atomic E-state index is 0.0973. The van der Waals surface area contributed by atoms with Gasteiger partial charge in [0.05, 0.1) is 17.8 Å². The molecule has 132 valence electrons. The Morgan fingerprint density at radius 1 is 1.23 bits per heavy atom. The van der Waals surface area contributed by atoms with Crippen LogP contribution in [-0.4, -0.2) is 20.7 Å². The summed E-state index contributed by atoms with van der Waals surface area (Å²) in [4.78, 5) is 16.8. The number of benzene rings is 1. The van der Waals surface area contributed by atoms with Gasteiger partial charge in [-0.25, -0.2) is 9.67 Å². The second kappa shape index (κ2) is 7.12. The van der Waals surface area contributed by atoms with Gasteiger partial charge in [0.2, 0.25) is 5.91 Å². The average molecular weight is 346 g/mol. The van der Waals surface area contributed by atoms with Crippen molar-refractivity contribution in [1.82, 2.24) is 14.8 Å². The van der Waals surface area contributed by atoms with Gasteiger partial charge in [-0.05, 0) is 60.6 Å². The van der Waals surface area contributed by atoms with Gasteiger partial charge >= 0.3 is 0 Å². The molecule has 5 heteroatoms.